The number of ether oxygens (including phenoxy) is 2. The molecule has 0 fully saturated rings. The molecule has 0 saturated carbocycles. The maximum absolute atomic E-state index is 12.3. The van der Waals surface area contributed by atoms with E-state index < -0.39 is 0 Å². The monoisotopic (exact) mass is 417 g/mol. The van der Waals surface area contributed by atoms with Gasteiger partial charge in [-0.25, -0.2) is 9.78 Å². The van der Waals surface area contributed by atoms with Crippen molar-refractivity contribution in [1.82, 2.24) is 24.8 Å². The molecule has 0 aliphatic heterocycles. The lowest BCUT2D eigenvalue weighted by molar-refractivity contribution is 0.292. The van der Waals surface area contributed by atoms with Gasteiger partial charge in [0.2, 0.25) is 5.88 Å². The van der Waals surface area contributed by atoms with Gasteiger partial charge in [0.15, 0.2) is 0 Å². The molecule has 0 bridgehead atoms. The molecule has 4 rings (SSSR count). The molecule has 0 aliphatic carbocycles. The zero-order chi connectivity index (χ0) is 22.0. The van der Waals surface area contributed by atoms with E-state index in [9.17, 15) is 4.79 Å². The molecule has 0 atom stereocenters. The van der Waals surface area contributed by atoms with E-state index in [0.717, 1.165) is 33.7 Å². The Morgan fingerprint density at radius 2 is 1.74 bits per heavy atom. The molecular formula is C23H23N5O3. The van der Waals surface area contributed by atoms with E-state index in [1.165, 1.54) is 9.36 Å². The second kappa shape index (κ2) is 8.43. The fourth-order valence-corrected chi connectivity index (χ4v) is 3.45. The molecule has 8 heteroatoms. The molecule has 0 amide bonds. The van der Waals surface area contributed by atoms with E-state index in [2.05, 4.69) is 15.4 Å². The summed E-state index contributed by atoms with van der Waals surface area (Å²) in [4.78, 5) is 16.9. The molecule has 2 aromatic carbocycles. The number of aryl methyl sites for hydroxylation is 3. The van der Waals surface area contributed by atoms with E-state index in [0.29, 0.717) is 11.6 Å². The lowest BCUT2D eigenvalue weighted by Crippen LogP contribution is -2.23. The Kier molecular flexibility index (Phi) is 5.53. The second-order valence-electron chi connectivity index (χ2n) is 7.14. The van der Waals surface area contributed by atoms with Crippen molar-refractivity contribution in [2.75, 3.05) is 7.11 Å². The number of nitrogens with zero attached hydrogens (tertiary/aromatic N) is 5. The van der Waals surface area contributed by atoms with Gasteiger partial charge in [0.1, 0.15) is 12.4 Å². The van der Waals surface area contributed by atoms with Crippen LogP contribution in [0.4, 0.5) is 0 Å². The minimum atomic E-state index is -0.318. The molecule has 0 saturated heterocycles. The first kappa shape index (κ1) is 20.3. The predicted molar refractivity (Wildman–Crippen MR) is 117 cm³/mol. The van der Waals surface area contributed by atoms with Gasteiger partial charge >= 0.3 is 5.69 Å². The average molecular weight is 417 g/mol. The van der Waals surface area contributed by atoms with Crippen molar-refractivity contribution in [1.29, 1.82) is 0 Å². The predicted octanol–water partition coefficient (Wildman–Crippen LogP) is 3.23. The molecule has 8 nitrogen and oxygen atoms in total. The third kappa shape index (κ3) is 3.92. The van der Waals surface area contributed by atoms with E-state index in [-0.39, 0.29) is 12.3 Å². The third-order valence-corrected chi connectivity index (χ3v) is 5.16. The van der Waals surface area contributed by atoms with Crippen LogP contribution < -0.4 is 15.2 Å². The summed E-state index contributed by atoms with van der Waals surface area (Å²) in [6, 6.07) is 17.3. The van der Waals surface area contributed by atoms with Crippen molar-refractivity contribution in [2.24, 2.45) is 7.05 Å². The molecule has 158 valence electrons. The highest BCUT2D eigenvalue weighted by Crippen LogP contribution is 2.32. The fraction of sp³-hybridized carbons (Fsp3) is 0.217. The molecule has 0 N–H and O–H groups in total. The second-order valence-corrected chi connectivity index (χ2v) is 7.14. The summed E-state index contributed by atoms with van der Waals surface area (Å²) in [5.74, 6) is 1.29. The van der Waals surface area contributed by atoms with Crippen LogP contribution in [0.15, 0.2) is 59.4 Å². The number of para-hydroxylation sites is 1. The number of tetrazole rings is 1. The summed E-state index contributed by atoms with van der Waals surface area (Å²) in [5, 5.41) is 7.75. The zero-order valence-corrected chi connectivity index (χ0v) is 17.9. The first-order chi connectivity index (χ1) is 15.0. The molecule has 0 aliphatic rings. The molecule has 4 aromatic rings. The number of pyridine rings is 1. The van der Waals surface area contributed by atoms with E-state index in [4.69, 9.17) is 9.47 Å². The van der Waals surface area contributed by atoms with E-state index in [1.54, 1.807) is 14.2 Å². The van der Waals surface area contributed by atoms with Crippen LogP contribution in [0.3, 0.4) is 0 Å². The molecule has 2 aromatic heterocycles. The van der Waals surface area contributed by atoms with Crippen molar-refractivity contribution in [2.45, 2.75) is 20.5 Å². The quantitative estimate of drug-likeness (QED) is 0.479. The van der Waals surface area contributed by atoms with Gasteiger partial charge in [-0.3, -0.25) is 0 Å². The highest BCUT2D eigenvalue weighted by atomic mass is 16.5. The Labute approximate surface area is 179 Å². The molecular weight excluding hydrogens is 394 g/mol. The lowest BCUT2D eigenvalue weighted by atomic mass is 10.0. The summed E-state index contributed by atoms with van der Waals surface area (Å²) in [7, 11) is 3.22. The first-order valence-electron chi connectivity index (χ1n) is 9.81. The summed E-state index contributed by atoms with van der Waals surface area (Å²) < 4.78 is 13.9. The Balaban J connectivity index is 1.62. The standard InChI is InChI=1S/C23H23N5O3/c1-15-8-7-10-20(28-23(29)27(3)25-26-28)19(15)14-31-22-13-12-17(16(2)24-22)18-9-5-6-11-21(18)30-4/h5-13H,14H2,1-4H3. The largest absolute Gasteiger partial charge is 0.496 e. The first-order valence-corrected chi connectivity index (χ1v) is 9.81. The van der Waals surface area contributed by atoms with Crippen LogP contribution in [0.25, 0.3) is 16.8 Å². The number of hydrogen-bond acceptors (Lipinski definition) is 6. The van der Waals surface area contributed by atoms with Crippen molar-refractivity contribution in [3.05, 3.63) is 81.9 Å². The number of rotatable bonds is 6. The normalized spacial score (nSPS) is 10.8. The van der Waals surface area contributed by atoms with Gasteiger partial charge in [0, 0.05) is 35.5 Å². The van der Waals surface area contributed by atoms with Gasteiger partial charge in [-0.15, -0.1) is 0 Å². The van der Waals surface area contributed by atoms with Gasteiger partial charge < -0.3 is 9.47 Å². The summed E-state index contributed by atoms with van der Waals surface area (Å²) >= 11 is 0. The van der Waals surface area contributed by atoms with E-state index >= 15 is 0 Å². The van der Waals surface area contributed by atoms with Crippen LogP contribution in [0.1, 0.15) is 16.8 Å². The summed E-state index contributed by atoms with van der Waals surface area (Å²) in [5.41, 5.74) is 4.94. The maximum Gasteiger partial charge on any atom is 0.368 e. The van der Waals surface area contributed by atoms with Gasteiger partial charge in [-0.05, 0) is 48.0 Å². The van der Waals surface area contributed by atoms with Crippen LogP contribution in [-0.2, 0) is 13.7 Å². The zero-order valence-electron chi connectivity index (χ0n) is 17.9. The molecule has 0 unspecified atom stereocenters. The minimum Gasteiger partial charge on any atom is -0.496 e. The Bertz CT molecular complexity index is 1290. The van der Waals surface area contributed by atoms with E-state index in [1.807, 2.05) is 68.4 Å². The highest BCUT2D eigenvalue weighted by Gasteiger charge is 2.15. The minimum absolute atomic E-state index is 0.242. The number of methoxy groups -OCH3 is 1. The Morgan fingerprint density at radius 1 is 0.935 bits per heavy atom. The number of benzene rings is 2. The highest BCUT2D eigenvalue weighted by molar-refractivity contribution is 5.72. The summed E-state index contributed by atoms with van der Waals surface area (Å²) in [6.45, 7) is 4.14. The Hall–Kier alpha value is -3.94. The van der Waals surface area contributed by atoms with Crippen LogP contribution in [0.5, 0.6) is 11.6 Å². The van der Waals surface area contributed by atoms with Crippen LogP contribution in [-0.4, -0.2) is 31.9 Å². The van der Waals surface area contributed by atoms with Crippen molar-refractivity contribution >= 4 is 0 Å². The molecule has 31 heavy (non-hydrogen) atoms. The van der Waals surface area contributed by atoms with Crippen molar-refractivity contribution in [3.63, 3.8) is 0 Å². The van der Waals surface area contributed by atoms with Crippen LogP contribution in [0, 0.1) is 13.8 Å². The summed E-state index contributed by atoms with van der Waals surface area (Å²) in [6.07, 6.45) is 0. The number of aromatic nitrogens is 5. The van der Waals surface area contributed by atoms with Crippen molar-refractivity contribution < 1.29 is 9.47 Å². The molecule has 2 heterocycles. The lowest BCUT2D eigenvalue weighted by Gasteiger charge is -2.14. The van der Waals surface area contributed by atoms with Crippen LogP contribution in [0.2, 0.25) is 0 Å². The smallest absolute Gasteiger partial charge is 0.368 e. The molecule has 0 spiro atoms. The SMILES string of the molecule is COc1ccccc1-c1ccc(OCc2c(C)cccc2-n2nnn(C)c2=O)nc1C. The van der Waals surface area contributed by atoms with Gasteiger partial charge in [0.25, 0.3) is 0 Å². The molecule has 0 radical (unpaired) electrons. The van der Waals surface area contributed by atoms with Crippen molar-refractivity contribution in [3.8, 4) is 28.4 Å². The van der Waals surface area contributed by atoms with Gasteiger partial charge in [-0.2, -0.15) is 9.36 Å². The topological polar surface area (TPSA) is 84.1 Å². The number of hydrogen-bond donors (Lipinski definition) is 0. The average Bonchev–Trinajstić information content (AvgIpc) is 3.11. The van der Waals surface area contributed by atoms with Gasteiger partial charge in [0.05, 0.1) is 12.8 Å². The van der Waals surface area contributed by atoms with Gasteiger partial charge in [-0.1, -0.05) is 30.3 Å². The van der Waals surface area contributed by atoms with Crippen LogP contribution >= 0.6 is 0 Å². The Morgan fingerprint density at radius 3 is 2.45 bits per heavy atom. The fourth-order valence-electron chi connectivity index (χ4n) is 3.45. The third-order valence-electron chi connectivity index (χ3n) is 5.16. The maximum atomic E-state index is 12.3.